The van der Waals surface area contributed by atoms with Gasteiger partial charge in [0.05, 0.1) is 4.90 Å². The first-order valence-corrected chi connectivity index (χ1v) is 9.20. The number of thioether (sulfide) groups is 1. The van der Waals surface area contributed by atoms with Gasteiger partial charge in [-0.2, -0.15) is 0 Å². The number of nitrogens with one attached hydrogen (secondary N) is 1. The molecule has 0 bridgehead atoms. The maximum Gasteiger partial charge on any atom is 0.238 e. The Hall–Kier alpha value is -1.50. The van der Waals surface area contributed by atoms with Crippen LogP contribution in [0.15, 0.2) is 58.3 Å². The molecule has 0 radical (unpaired) electrons. The van der Waals surface area contributed by atoms with Crippen molar-refractivity contribution >= 4 is 27.5 Å². The Balaban J connectivity index is 2.18. The lowest BCUT2D eigenvalue weighted by Gasteiger charge is -2.16. The number of nitrogens with two attached hydrogens (primary N) is 1. The summed E-state index contributed by atoms with van der Waals surface area (Å²) in [5, 5.41) is 8.50. The van der Waals surface area contributed by atoms with Gasteiger partial charge in [0, 0.05) is 16.6 Å². The average molecular weight is 322 g/mol. The van der Waals surface area contributed by atoms with Gasteiger partial charge < -0.3 is 5.32 Å². The van der Waals surface area contributed by atoms with Crippen molar-refractivity contribution in [2.24, 2.45) is 5.14 Å². The molecule has 0 spiro atoms. The van der Waals surface area contributed by atoms with Crippen molar-refractivity contribution in [2.75, 3.05) is 11.6 Å². The van der Waals surface area contributed by atoms with Gasteiger partial charge in [-0.3, -0.25) is 0 Å². The number of rotatable bonds is 5. The molecule has 112 valence electrons. The number of hydrogen-bond acceptors (Lipinski definition) is 4. The molecule has 0 aliphatic rings. The molecule has 0 heterocycles. The van der Waals surface area contributed by atoms with E-state index in [9.17, 15) is 8.42 Å². The number of benzene rings is 2. The van der Waals surface area contributed by atoms with Crippen LogP contribution < -0.4 is 10.5 Å². The van der Waals surface area contributed by atoms with E-state index in [1.54, 1.807) is 23.9 Å². The summed E-state index contributed by atoms with van der Waals surface area (Å²) in [7, 11) is -3.67. The van der Waals surface area contributed by atoms with Crippen LogP contribution in [0.1, 0.15) is 18.5 Å². The number of sulfonamides is 1. The van der Waals surface area contributed by atoms with E-state index in [4.69, 9.17) is 5.14 Å². The molecule has 0 aliphatic heterocycles. The first-order chi connectivity index (χ1) is 9.90. The standard InChI is InChI=1S/C15H18N2O2S2/c1-11(17-13-6-8-14(20-2)9-7-13)12-4-3-5-15(10-12)21(16,18)19/h3-11,17H,1-2H3,(H2,16,18,19). The molecule has 0 saturated heterocycles. The van der Waals surface area contributed by atoms with Gasteiger partial charge >= 0.3 is 0 Å². The van der Waals surface area contributed by atoms with Crippen LogP contribution in [-0.2, 0) is 10.0 Å². The smallest absolute Gasteiger partial charge is 0.238 e. The Kier molecular flexibility index (Phi) is 4.92. The van der Waals surface area contributed by atoms with E-state index in [2.05, 4.69) is 5.32 Å². The molecule has 0 aromatic heterocycles. The van der Waals surface area contributed by atoms with Crippen LogP contribution in [0.4, 0.5) is 5.69 Å². The van der Waals surface area contributed by atoms with E-state index < -0.39 is 10.0 Å². The van der Waals surface area contributed by atoms with Gasteiger partial charge in [-0.05, 0) is 55.1 Å². The predicted molar refractivity (Wildman–Crippen MR) is 88.1 cm³/mol. The highest BCUT2D eigenvalue weighted by atomic mass is 32.2. The van der Waals surface area contributed by atoms with E-state index in [-0.39, 0.29) is 10.9 Å². The van der Waals surface area contributed by atoms with Crippen LogP contribution in [0.5, 0.6) is 0 Å². The monoisotopic (exact) mass is 322 g/mol. The second kappa shape index (κ2) is 6.51. The van der Waals surface area contributed by atoms with Crippen LogP contribution in [0.2, 0.25) is 0 Å². The molecule has 21 heavy (non-hydrogen) atoms. The summed E-state index contributed by atoms with van der Waals surface area (Å²) in [6.45, 7) is 1.98. The van der Waals surface area contributed by atoms with Crippen molar-refractivity contribution in [3.05, 3.63) is 54.1 Å². The lowest BCUT2D eigenvalue weighted by Crippen LogP contribution is -2.13. The molecule has 0 amide bonds. The van der Waals surface area contributed by atoms with Crippen molar-refractivity contribution < 1.29 is 8.42 Å². The molecule has 1 atom stereocenters. The van der Waals surface area contributed by atoms with Gasteiger partial charge in [-0.25, -0.2) is 13.6 Å². The fraction of sp³-hybridized carbons (Fsp3) is 0.200. The average Bonchev–Trinajstić information content (AvgIpc) is 2.47. The third-order valence-corrected chi connectivity index (χ3v) is 4.81. The van der Waals surface area contributed by atoms with Gasteiger partial charge in [0.15, 0.2) is 0 Å². The quantitative estimate of drug-likeness (QED) is 0.829. The Morgan fingerprint density at radius 2 is 1.81 bits per heavy atom. The second-order valence-electron chi connectivity index (χ2n) is 4.71. The van der Waals surface area contributed by atoms with Crippen molar-refractivity contribution in [2.45, 2.75) is 22.8 Å². The molecular weight excluding hydrogens is 304 g/mol. The zero-order valence-corrected chi connectivity index (χ0v) is 13.5. The molecule has 0 aliphatic carbocycles. The summed E-state index contributed by atoms with van der Waals surface area (Å²) >= 11 is 1.69. The summed E-state index contributed by atoms with van der Waals surface area (Å²) < 4.78 is 22.8. The topological polar surface area (TPSA) is 72.2 Å². The molecule has 3 N–H and O–H groups in total. The SMILES string of the molecule is CSc1ccc(NC(C)c2cccc(S(N)(=O)=O)c2)cc1. The summed E-state index contributed by atoms with van der Waals surface area (Å²) in [4.78, 5) is 1.33. The first kappa shape index (κ1) is 15.9. The van der Waals surface area contributed by atoms with Crippen LogP contribution in [0, 0.1) is 0 Å². The van der Waals surface area contributed by atoms with Gasteiger partial charge in [-0.1, -0.05) is 12.1 Å². The Morgan fingerprint density at radius 3 is 2.38 bits per heavy atom. The Labute approximate surface area is 129 Å². The summed E-state index contributed by atoms with van der Waals surface area (Å²) in [6, 6.07) is 14.7. The minimum atomic E-state index is -3.67. The van der Waals surface area contributed by atoms with Crippen molar-refractivity contribution in [1.29, 1.82) is 0 Å². The van der Waals surface area contributed by atoms with Crippen molar-refractivity contribution in [1.82, 2.24) is 0 Å². The molecule has 2 aromatic rings. The predicted octanol–water partition coefficient (Wildman–Crippen LogP) is 3.23. The number of anilines is 1. The zero-order chi connectivity index (χ0) is 15.5. The van der Waals surface area contributed by atoms with Gasteiger partial charge in [0.2, 0.25) is 10.0 Å². The lowest BCUT2D eigenvalue weighted by molar-refractivity contribution is 0.597. The fourth-order valence-electron chi connectivity index (χ4n) is 1.98. The highest BCUT2D eigenvalue weighted by molar-refractivity contribution is 7.98. The van der Waals surface area contributed by atoms with Gasteiger partial charge in [0.25, 0.3) is 0 Å². The lowest BCUT2D eigenvalue weighted by atomic mass is 10.1. The van der Waals surface area contributed by atoms with Crippen LogP contribution >= 0.6 is 11.8 Å². The van der Waals surface area contributed by atoms with Crippen molar-refractivity contribution in [3.63, 3.8) is 0 Å². The molecule has 6 heteroatoms. The van der Waals surface area contributed by atoms with Gasteiger partial charge in [-0.15, -0.1) is 11.8 Å². The largest absolute Gasteiger partial charge is 0.379 e. The Bertz CT molecular complexity index is 713. The maximum atomic E-state index is 11.4. The molecule has 2 aromatic carbocycles. The van der Waals surface area contributed by atoms with Gasteiger partial charge in [0.1, 0.15) is 0 Å². The second-order valence-corrected chi connectivity index (χ2v) is 7.15. The number of hydrogen-bond donors (Lipinski definition) is 2. The normalized spacial score (nSPS) is 12.9. The Morgan fingerprint density at radius 1 is 1.14 bits per heavy atom. The van der Waals surface area contributed by atoms with E-state index in [1.807, 2.05) is 43.5 Å². The summed E-state index contributed by atoms with van der Waals surface area (Å²) in [6.07, 6.45) is 2.03. The van der Waals surface area contributed by atoms with Crippen LogP contribution in [-0.4, -0.2) is 14.7 Å². The minimum absolute atomic E-state index is 0.0215. The van der Waals surface area contributed by atoms with E-state index in [1.165, 1.54) is 11.0 Å². The minimum Gasteiger partial charge on any atom is -0.379 e. The molecule has 0 saturated carbocycles. The van der Waals surface area contributed by atoms with E-state index >= 15 is 0 Å². The van der Waals surface area contributed by atoms with E-state index in [0.29, 0.717) is 0 Å². The third-order valence-electron chi connectivity index (χ3n) is 3.16. The third kappa shape index (κ3) is 4.23. The molecular formula is C15H18N2O2S2. The number of primary sulfonamides is 1. The molecule has 1 unspecified atom stereocenters. The van der Waals surface area contributed by atoms with Crippen LogP contribution in [0.3, 0.4) is 0 Å². The molecule has 4 nitrogen and oxygen atoms in total. The maximum absolute atomic E-state index is 11.4. The highest BCUT2D eigenvalue weighted by Crippen LogP contribution is 2.23. The van der Waals surface area contributed by atoms with Crippen molar-refractivity contribution in [3.8, 4) is 0 Å². The van der Waals surface area contributed by atoms with E-state index in [0.717, 1.165) is 11.3 Å². The summed E-state index contributed by atoms with van der Waals surface area (Å²) in [5.74, 6) is 0. The fourth-order valence-corrected chi connectivity index (χ4v) is 2.96. The highest BCUT2D eigenvalue weighted by Gasteiger charge is 2.11. The van der Waals surface area contributed by atoms with Crippen LogP contribution in [0.25, 0.3) is 0 Å². The molecule has 2 rings (SSSR count). The molecule has 0 fully saturated rings. The first-order valence-electron chi connectivity index (χ1n) is 6.43. The summed E-state index contributed by atoms with van der Waals surface area (Å²) in [5.41, 5.74) is 1.86. The zero-order valence-electron chi connectivity index (χ0n) is 11.9.